The second kappa shape index (κ2) is 11.1. The summed E-state index contributed by atoms with van der Waals surface area (Å²) in [4.78, 5) is 45.6. The molecule has 0 aromatic heterocycles. The molecule has 2 aromatic carbocycles. The highest BCUT2D eigenvalue weighted by molar-refractivity contribution is 6.30. The van der Waals surface area contributed by atoms with E-state index in [1.54, 1.807) is 42.5 Å². The Bertz CT molecular complexity index is 884. The number of nitrogens with two attached hydrogens (primary N) is 1. The van der Waals surface area contributed by atoms with E-state index in [1.165, 1.54) is 0 Å². The van der Waals surface area contributed by atoms with Crippen LogP contribution in [0.15, 0.2) is 42.5 Å². The smallest absolute Gasteiger partial charge is 0.251 e. The van der Waals surface area contributed by atoms with E-state index in [0.717, 1.165) is 18.1 Å². The molecule has 0 fully saturated rings. The van der Waals surface area contributed by atoms with Gasteiger partial charge in [0.2, 0.25) is 5.91 Å². The zero-order valence-corrected chi connectivity index (χ0v) is 16.4. The Morgan fingerprint density at radius 1 is 1.07 bits per heavy atom. The molecule has 2 amide bonds. The van der Waals surface area contributed by atoms with Gasteiger partial charge in [-0.25, -0.2) is 0 Å². The van der Waals surface area contributed by atoms with Crippen LogP contribution in [0.5, 0.6) is 0 Å². The standard InChI is InChI=1S/C21H22ClN3O4/c22-18-7-5-15(6-8-18)21(29)25-11-14-3-4-16(13-27)17(10-14)12-24-19(20(23)28)2-1-9-26/h3-10,13,19,24H,1-2,11-12H2,(H2,23,28)(H,25,29). The molecule has 8 heteroatoms. The number of carbonyl (C=O) groups excluding carboxylic acids is 4. The second-order valence-corrected chi connectivity index (χ2v) is 6.86. The van der Waals surface area contributed by atoms with Gasteiger partial charge in [0.1, 0.15) is 12.6 Å². The van der Waals surface area contributed by atoms with E-state index in [1.807, 2.05) is 0 Å². The van der Waals surface area contributed by atoms with Crippen LogP contribution in [-0.2, 0) is 22.7 Å². The lowest BCUT2D eigenvalue weighted by atomic mass is 10.0. The Hall–Kier alpha value is -3.03. The number of halogens is 1. The van der Waals surface area contributed by atoms with Gasteiger partial charge in [-0.2, -0.15) is 0 Å². The minimum Gasteiger partial charge on any atom is -0.368 e. The van der Waals surface area contributed by atoms with Gasteiger partial charge < -0.3 is 21.2 Å². The first-order chi connectivity index (χ1) is 13.9. The summed E-state index contributed by atoms with van der Waals surface area (Å²) in [5, 5.41) is 6.33. The summed E-state index contributed by atoms with van der Waals surface area (Å²) >= 11 is 5.82. The molecule has 0 bridgehead atoms. The molecule has 29 heavy (non-hydrogen) atoms. The monoisotopic (exact) mass is 415 g/mol. The number of hydrogen-bond acceptors (Lipinski definition) is 5. The maximum Gasteiger partial charge on any atom is 0.251 e. The average molecular weight is 416 g/mol. The zero-order chi connectivity index (χ0) is 21.2. The molecule has 2 rings (SSSR count). The van der Waals surface area contributed by atoms with Crippen molar-refractivity contribution in [1.82, 2.24) is 10.6 Å². The van der Waals surface area contributed by atoms with Crippen LogP contribution < -0.4 is 16.4 Å². The summed E-state index contributed by atoms with van der Waals surface area (Å²) in [5.41, 5.74) is 7.75. The fourth-order valence-electron chi connectivity index (χ4n) is 2.74. The first kappa shape index (κ1) is 22.3. The van der Waals surface area contributed by atoms with E-state index in [4.69, 9.17) is 17.3 Å². The van der Waals surface area contributed by atoms with Gasteiger partial charge in [0.15, 0.2) is 0 Å². The van der Waals surface area contributed by atoms with E-state index < -0.39 is 11.9 Å². The number of hydrogen-bond donors (Lipinski definition) is 3. The van der Waals surface area contributed by atoms with Crippen molar-refractivity contribution in [3.05, 3.63) is 69.7 Å². The number of primary amides is 1. The number of amides is 2. The Morgan fingerprint density at radius 3 is 2.41 bits per heavy atom. The van der Waals surface area contributed by atoms with Gasteiger partial charge in [0.25, 0.3) is 5.91 Å². The first-order valence-corrected chi connectivity index (χ1v) is 9.39. The third kappa shape index (κ3) is 6.81. The minimum atomic E-state index is -0.673. The van der Waals surface area contributed by atoms with Crippen molar-refractivity contribution >= 4 is 36.0 Å². The molecule has 0 aliphatic rings. The quantitative estimate of drug-likeness (QED) is 0.485. The van der Waals surface area contributed by atoms with Gasteiger partial charge in [-0.1, -0.05) is 29.8 Å². The van der Waals surface area contributed by atoms with E-state index >= 15 is 0 Å². The lowest BCUT2D eigenvalue weighted by molar-refractivity contribution is -0.120. The molecule has 7 nitrogen and oxygen atoms in total. The van der Waals surface area contributed by atoms with Crippen molar-refractivity contribution in [1.29, 1.82) is 0 Å². The van der Waals surface area contributed by atoms with Crippen LogP contribution in [-0.4, -0.2) is 30.4 Å². The summed E-state index contributed by atoms with van der Waals surface area (Å²) in [6, 6.07) is 11.0. The highest BCUT2D eigenvalue weighted by Gasteiger charge is 2.15. The molecule has 0 saturated carbocycles. The summed E-state index contributed by atoms with van der Waals surface area (Å²) in [6.07, 6.45) is 1.93. The second-order valence-electron chi connectivity index (χ2n) is 6.42. The highest BCUT2D eigenvalue weighted by atomic mass is 35.5. The van der Waals surface area contributed by atoms with Crippen molar-refractivity contribution < 1.29 is 19.2 Å². The van der Waals surface area contributed by atoms with Crippen LogP contribution in [0.1, 0.15) is 44.7 Å². The van der Waals surface area contributed by atoms with E-state index in [0.29, 0.717) is 21.7 Å². The van der Waals surface area contributed by atoms with E-state index in [9.17, 15) is 19.2 Å². The predicted molar refractivity (Wildman–Crippen MR) is 110 cm³/mol. The van der Waals surface area contributed by atoms with Crippen LogP contribution in [0, 0.1) is 0 Å². The van der Waals surface area contributed by atoms with Crippen LogP contribution in [0.25, 0.3) is 0 Å². The van der Waals surface area contributed by atoms with Gasteiger partial charge in [-0.15, -0.1) is 0 Å². The van der Waals surface area contributed by atoms with Gasteiger partial charge in [-0.3, -0.25) is 14.4 Å². The summed E-state index contributed by atoms with van der Waals surface area (Å²) in [7, 11) is 0. The molecule has 0 saturated heterocycles. The van der Waals surface area contributed by atoms with Crippen LogP contribution in [0.4, 0.5) is 0 Å². The Morgan fingerprint density at radius 2 is 1.79 bits per heavy atom. The minimum absolute atomic E-state index is 0.206. The number of rotatable bonds is 11. The van der Waals surface area contributed by atoms with Crippen molar-refractivity contribution in [2.45, 2.75) is 32.0 Å². The molecule has 1 atom stereocenters. The summed E-state index contributed by atoms with van der Waals surface area (Å²) in [5.74, 6) is -0.811. The zero-order valence-electron chi connectivity index (χ0n) is 15.7. The van der Waals surface area contributed by atoms with Gasteiger partial charge in [-0.05, 0) is 41.8 Å². The van der Waals surface area contributed by atoms with Crippen molar-refractivity contribution in [3.63, 3.8) is 0 Å². The third-order valence-electron chi connectivity index (χ3n) is 4.35. The van der Waals surface area contributed by atoms with Crippen LogP contribution in [0.3, 0.4) is 0 Å². The largest absolute Gasteiger partial charge is 0.368 e. The molecule has 2 aromatic rings. The Labute approximate surface area is 173 Å². The first-order valence-electron chi connectivity index (χ1n) is 9.01. The van der Waals surface area contributed by atoms with E-state index in [2.05, 4.69) is 10.6 Å². The lowest BCUT2D eigenvalue weighted by Gasteiger charge is -2.16. The molecular formula is C21H22ClN3O4. The predicted octanol–water partition coefficient (Wildman–Crippen LogP) is 2.01. The Balaban J connectivity index is 2.04. The fourth-order valence-corrected chi connectivity index (χ4v) is 2.86. The fraction of sp³-hybridized carbons (Fsp3) is 0.238. The summed E-state index contributed by atoms with van der Waals surface area (Å²) < 4.78 is 0. The van der Waals surface area contributed by atoms with Crippen LogP contribution in [0.2, 0.25) is 5.02 Å². The number of aldehydes is 2. The van der Waals surface area contributed by atoms with Gasteiger partial charge >= 0.3 is 0 Å². The molecule has 0 radical (unpaired) electrons. The molecule has 1 unspecified atom stereocenters. The van der Waals surface area contributed by atoms with Crippen LogP contribution >= 0.6 is 11.6 Å². The SMILES string of the molecule is NC(=O)C(CCC=O)NCc1cc(CNC(=O)c2ccc(Cl)cc2)ccc1C=O. The van der Waals surface area contributed by atoms with Gasteiger partial charge in [0, 0.05) is 35.7 Å². The molecule has 0 aliphatic heterocycles. The van der Waals surface area contributed by atoms with Crippen molar-refractivity contribution in [3.8, 4) is 0 Å². The highest BCUT2D eigenvalue weighted by Crippen LogP contribution is 2.13. The molecule has 4 N–H and O–H groups in total. The maximum atomic E-state index is 12.2. The number of benzene rings is 2. The topological polar surface area (TPSA) is 118 Å². The molecule has 152 valence electrons. The average Bonchev–Trinajstić information content (AvgIpc) is 2.72. The number of carbonyl (C=O) groups is 4. The molecule has 0 aliphatic carbocycles. The normalized spacial score (nSPS) is 11.5. The molecule has 0 spiro atoms. The van der Waals surface area contributed by atoms with Crippen molar-refractivity contribution in [2.75, 3.05) is 0 Å². The summed E-state index contributed by atoms with van der Waals surface area (Å²) in [6.45, 7) is 0.484. The Kier molecular flexibility index (Phi) is 8.51. The lowest BCUT2D eigenvalue weighted by Crippen LogP contribution is -2.41. The molecule has 0 heterocycles. The number of nitrogens with one attached hydrogen (secondary N) is 2. The van der Waals surface area contributed by atoms with Crippen molar-refractivity contribution in [2.24, 2.45) is 5.73 Å². The molecular weight excluding hydrogens is 394 g/mol. The van der Waals surface area contributed by atoms with Gasteiger partial charge in [0.05, 0.1) is 6.04 Å². The maximum absolute atomic E-state index is 12.2. The third-order valence-corrected chi connectivity index (χ3v) is 4.60. The van der Waals surface area contributed by atoms with E-state index in [-0.39, 0.29) is 31.8 Å².